The lowest BCUT2D eigenvalue weighted by Crippen LogP contribution is -1.93. The van der Waals surface area contributed by atoms with Crippen molar-refractivity contribution in [3.63, 3.8) is 0 Å². The van der Waals surface area contributed by atoms with Crippen LogP contribution in [0.25, 0.3) is 0 Å². The highest BCUT2D eigenvalue weighted by molar-refractivity contribution is 8.13. The van der Waals surface area contributed by atoms with Gasteiger partial charge in [-0.1, -0.05) is 58.2 Å². The molecule has 0 saturated carbocycles. The van der Waals surface area contributed by atoms with Crippen LogP contribution in [0.1, 0.15) is 0 Å². The smallest absolute Gasteiger partial charge is 0.232 e. The number of carbonyl (C=O) groups excluding carboxylic acids is 1. The zero-order valence-electron chi connectivity index (χ0n) is 7.24. The van der Waals surface area contributed by atoms with Crippen LogP contribution < -0.4 is 0 Å². The summed E-state index contributed by atoms with van der Waals surface area (Å²) in [4.78, 5) is 11.1. The molecular formula is C7H6Cl4OS2. The van der Waals surface area contributed by atoms with E-state index in [1.54, 1.807) is 12.5 Å². The Morgan fingerprint density at radius 3 is 1.71 bits per heavy atom. The molecule has 80 valence electrons. The van der Waals surface area contributed by atoms with E-state index in [9.17, 15) is 4.79 Å². The minimum absolute atomic E-state index is 0.0213. The highest BCUT2D eigenvalue weighted by Crippen LogP contribution is 2.34. The highest BCUT2D eigenvalue weighted by Gasteiger charge is 2.15. The van der Waals surface area contributed by atoms with Gasteiger partial charge < -0.3 is 0 Å². The quantitative estimate of drug-likeness (QED) is 0.561. The van der Waals surface area contributed by atoms with Crippen molar-refractivity contribution in [3.05, 3.63) is 19.5 Å². The Labute approximate surface area is 111 Å². The highest BCUT2D eigenvalue weighted by atomic mass is 35.5. The molecule has 0 aliphatic heterocycles. The van der Waals surface area contributed by atoms with Gasteiger partial charge in [0.1, 0.15) is 5.03 Å². The predicted octanol–water partition coefficient (Wildman–Crippen LogP) is 4.57. The van der Waals surface area contributed by atoms with Gasteiger partial charge in [-0.15, -0.1) is 11.8 Å². The molecule has 0 aromatic carbocycles. The predicted molar refractivity (Wildman–Crippen MR) is 69.5 cm³/mol. The van der Waals surface area contributed by atoms with Crippen LogP contribution in [0.15, 0.2) is 19.5 Å². The van der Waals surface area contributed by atoms with Gasteiger partial charge in [-0.25, -0.2) is 0 Å². The molecule has 0 heterocycles. The molecule has 0 amide bonds. The van der Waals surface area contributed by atoms with Crippen LogP contribution in [0.4, 0.5) is 0 Å². The Bertz CT molecular complexity index is 298. The molecular weight excluding hydrogens is 306 g/mol. The minimum Gasteiger partial charge on any atom is -0.281 e. The maximum Gasteiger partial charge on any atom is 0.232 e. The number of hydrogen-bond acceptors (Lipinski definition) is 3. The van der Waals surface area contributed by atoms with Crippen molar-refractivity contribution < 1.29 is 4.79 Å². The zero-order chi connectivity index (χ0) is 11.3. The third-order valence-corrected chi connectivity index (χ3v) is 4.52. The maximum absolute atomic E-state index is 11.1. The van der Waals surface area contributed by atoms with E-state index in [2.05, 4.69) is 0 Å². The monoisotopic (exact) mass is 310 g/mol. The van der Waals surface area contributed by atoms with Crippen LogP contribution in [0.5, 0.6) is 0 Å². The van der Waals surface area contributed by atoms with Crippen molar-refractivity contribution in [2.24, 2.45) is 0 Å². The first kappa shape index (κ1) is 15.0. The zero-order valence-corrected chi connectivity index (χ0v) is 11.9. The first-order valence-corrected chi connectivity index (χ1v) is 7.15. The Kier molecular flexibility index (Phi) is 7.84. The number of halogens is 4. The van der Waals surface area contributed by atoms with Crippen LogP contribution in [0.3, 0.4) is 0 Å². The van der Waals surface area contributed by atoms with Gasteiger partial charge in [-0.05, 0) is 12.5 Å². The third-order valence-electron chi connectivity index (χ3n) is 1.10. The average Bonchev–Trinajstić information content (AvgIpc) is 2.23. The Balaban J connectivity index is 5.10. The molecule has 1 nitrogen and oxygen atoms in total. The van der Waals surface area contributed by atoms with Gasteiger partial charge in [0.05, 0.1) is 14.4 Å². The first-order chi connectivity index (χ1) is 6.45. The van der Waals surface area contributed by atoms with Crippen molar-refractivity contribution in [2.75, 3.05) is 12.5 Å². The second-order valence-electron chi connectivity index (χ2n) is 1.91. The van der Waals surface area contributed by atoms with Crippen LogP contribution >= 0.6 is 69.9 Å². The summed E-state index contributed by atoms with van der Waals surface area (Å²) in [7, 11) is 0. The van der Waals surface area contributed by atoms with E-state index in [0.717, 1.165) is 11.8 Å². The first-order valence-electron chi connectivity index (χ1n) is 3.18. The number of hydrogen-bond donors (Lipinski definition) is 0. The summed E-state index contributed by atoms with van der Waals surface area (Å²) in [5, 5.41) is -0.392. The van der Waals surface area contributed by atoms with E-state index >= 15 is 0 Å². The lowest BCUT2D eigenvalue weighted by molar-refractivity contribution is -0.107. The summed E-state index contributed by atoms with van der Waals surface area (Å²) >= 11 is 25.1. The van der Waals surface area contributed by atoms with Crippen molar-refractivity contribution in [1.82, 2.24) is 0 Å². The number of carbonyl (C=O) groups is 1. The number of allylic oxidation sites excluding steroid dienone is 2. The second kappa shape index (κ2) is 7.31. The molecule has 7 heteroatoms. The summed E-state index contributed by atoms with van der Waals surface area (Å²) in [5.74, 6) is 0. The van der Waals surface area contributed by atoms with Crippen LogP contribution in [-0.4, -0.2) is 17.6 Å². The molecule has 0 aromatic rings. The summed E-state index contributed by atoms with van der Waals surface area (Å²) in [6.07, 6.45) is 3.34. The van der Waals surface area contributed by atoms with Crippen LogP contribution in [0, 0.1) is 0 Å². The third kappa shape index (κ3) is 4.25. The van der Waals surface area contributed by atoms with Crippen molar-refractivity contribution in [1.29, 1.82) is 0 Å². The fraction of sp³-hybridized carbons (Fsp3) is 0.286. The summed E-state index contributed by atoms with van der Waals surface area (Å²) in [6, 6.07) is 0. The largest absolute Gasteiger partial charge is 0.281 e. The summed E-state index contributed by atoms with van der Waals surface area (Å²) < 4.78 is 0.295. The number of rotatable bonds is 3. The fourth-order valence-electron chi connectivity index (χ4n) is 0.451. The van der Waals surface area contributed by atoms with Gasteiger partial charge in [0.2, 0.25) is 5.12 Å². The molecule has 0 fully saturated rings. The van der Waals surface area contributed by atoms with Gasteiger partial charge in [0.25, 0.3) is 0 Å². The molecule has 0 aliphatic carbocycles. The average molecular weight is 312 g/mol. The lowest BCUT2D eigenvalue weighted by Gasteiger charge is -2.02. The maximum atomic E-state index is 11.1. The van der Waals surface area contributed by atoms with E-state index in [1.807, 2.05) is 0 Å². The van der Waals surface area contributed by atoms with Gasteiger partial charge in [-0.3, -0.25) is 4.79 Å². The second-order valence-corrected chi connectivity index (χ2v) is 5.24. The molecule has 0 bridgehead atoms. The van der Waals surface area contributed by atoms with E-state index < -0.39 is 0 Å². The van der Waals surface area contributed by atoms with Crippen molar-refractivity contribution in [3.8, 4) is 0 Å². The molecule has 0 rings (SSSR count). The van der Waals surface area contributed by atoms with E-state index in [-0.39, 0.29) is 20.2 Å². The van der Waals surface area contributed by atoms with Gasteiger partial charge >= 0.3 is 0 Å². The SMILES string of the molecule is CSC(=O)/C(Cl)=C(Cl)\C(Cl)=C(\Cl)SC. The molecule has 0 spiro atoms. The Hall–Kier alpha value is 1.01. The molecule has 0 aliphatic rings. The lowest BCUT2D eigenvalue weighted by atomic mass is 10.5. The standard InChI is InChI=1S/C7H6Cl4OS2/c1-13-6(11)4(9)3(8)5(10)7(12)14-2/h1-2H3/b5-3-,6-4+. The molecule has 0 radical (unpaired) electrons. The van der Waals surface area contributed by atoms with Crippen LogP contribution in [0.2, 0.25) is 0 Å². The van der Waals surface area contributed by atoms with Gasteiger partial charge in [0.15, 0.2) is 0 Å². The molecule has 0 aromatic heterocycles. The normalized spacial score (nSPS) is 14.7. The van der Waals surface area contributed by atoms with Crippen LogP contribution in [-0.2, 0) is 4.79 Å². The summed E-state index contributed by atoms with van der Waals surface area (Å²) in [6.45, 7) is 0. The number of thioether (sulfide) groups is 2. The molecule has 0 saturated heterocycles. The molecule has 14 heavy (non-hydrogen) atoms. The molecule has 0 atom stereocenters. The minimum atomic E-state index is -0.347. The van der Waals surface area contributed by atoms with Crippen molar-refractivity contribution in [2.45, 2.75) is 0 Å². The molecule has 0 unspecified atom stereocenters. The van der Waals surface area contributed by atoms with E-state index in [1.165, 1.54) is 11.8 Å². The topological polar surface area (TPSA) is 17.1 Å². The van der Waals surface area contributed by atoms with Gasteiger partial charge in [0, 0.05) is 0 Å². The Morgan fingerprint density at radius 1 is 0.857 bits per heavy atom. The van der Waals surface area contributed by atoms with E-state index in [4.69, 9.17) is 46.4 Å². The fourth-order valence-corrected chi connectivity index (χ4v) is 2.15. The van der Waals surface area contributed by atoms with Crippen molar-refractivity contribution >= 4 is 75.0 Å². The Morgan fingerprint density at radius 2 is 1.36 bits per heavy atom. The molecule has 0 N–H and O–H groups in total. The summed E-state index contributed by atoms with van der Waals surface area (Å²) in [5.41, 5.74) is 0. The van der Waals surface area contributed by atoms with E-state index in [0.29, 0.717) is 4.36 Å². The van der Waals surface area contributed by atoms with Gasteiger partial charge in [-0.2, -0.15) is 0 Å².